The van der Waals surface area contributed by atoms with Crippen molar-refractivity contribution in [1.82, 2.24) is 0 Å². The Labute approximate surface area is 66.1 Å². The van der Waals surface area contributed by atoms with E-state index in [1.165, 1.54) is 6.89 Å². The highest BCUT2D eigenvalue weighted by Crippen LogP contribution is 2.32. The molecular formula is B8P. The molecule has 0 bridgehead atoms. The predicted molar refractivity (Wildman–Crippen MR) is 53.0 cm³/mol. The van der Waals surface area contributed by atoms with Gasteiger partial charge in [0, 0.05) is 38.7 Å². The van der Waals surface area contributed by atoms with E-state index in [-0.39, 0.29) is 0 Å². The van der Waals surface area contributed by atoms with Crippen LogP contribution in [0.4, 0.5) is 0 Å². The maximum Gasteiger partial charge on any atom is 0.0660 e. The van der Waals surface area contributed by atoms with Crippen molar-refractivity contribution >= 4 is 65.6 Å². The molecule has 9 heavy (non-hydrogen) atoms. The van der Waals surface area contributed by atoms with Gasteiger partial charge in [0.15, 0.2) is 0 Å². The zero-order chi connectivity index (χ0) is 7.44. The molecule has 0 amide bonds. The third-order valence-electron chi connectivity index (χ3n) is 0.861. The third-order valence-corrected chi connectivity index (χ3v) is 2.58. The van der Waals surface area contributed by atoms with Crippen LogP contribution in [-0.2, 0) is 0 Å². The molecule has 9 heteroatoms. The van der Waals surface area contributed by atoms with Gasteiger partial charge in [-0.1, -0.05) is 0 Å². The normalized spacial score (nSPS) is 9.00. The quantitative estimate of drug-likeness (QED) is 0.291. The Bertz CT molecular complexity index is 59.0. The van der Waals surface area contributed by atoms with Gasteiger partial charge in [0.05, 0.1) is 19.3 Å². The van der Waals surface area contributed by atoms with Gasteiger partial charge in [-0.2, -0.15) is 0 Å². The van der Waals surface area contributed by atoms with Gasteiger partial charge in [0.2, 0.25) is 0 Å². The van der Waals surface area contributed by atoms with Crippen LogP contribution in [0.5, 0.6) is 0 Å². The zero-order valence-electron chi connectivity index (χ0n) is 5.07. The smallest absolute Gasteiger partial charge is 0.0660 e. The fourth-order valence-corrected chi connectivity index (χ4v) is 1.19. The zero-order valence-corrected chi connectivity index (χ0v) is 5.96. The molecule has 0 nitrogen and oxygen atoms in total. The minimum atomic E-state index is -0.913. The standard InChI is InChI=1S/B8P/c1-6-9(7(2)3)8(4)5. The Morgan fingerprint density at radius 1 is 1.00 bits per heavy atom. The Hall–Kier alpha value is 0.949. The van der Waals surface area contributed by atoms with Crippen molar-refractivity contribution in [3.63, 3.8) is 0 Å². The van der Waals surface area contributed by atoms with Crippen LogP contribution in [0, 0.1) is 0 Å². The molecule has 0 atom stereocenters. The van der Waals surface area contributed by atoms with Gasteiger partial charge in [0.25, 0.3) is 0 Å². The van der Waals surface area contributed by atoms with Gasteiger partial charge in [-0.05, 0) is 0 Å². The first kappa shape index (κ1) is 9.95. The summed E-state index contributed by atoms with van der Waals surface area (Å²) in [5.74, 6) is 0. The molecule has 0 N–H and O–H groups in total. The van der Waals surface area contributed by atoms with Crippen molar-refractivity contribution in [2.45, 2.75) is 0 Å². The van der Waals surface area contributed by atoms with Crippen LogP contribution in [-0.4, -0.2) is 58.0 Å². The molecule has 0 rings (SSSR count). The lowest BCUT2D eigenvalue weighted by molar-refractivity contribution is 3.85. The summed E-state index contributed by atoms with van der Waals surface area (Å²) in [4.78, 5) is 0. The average Bonchev–Trinajstić information content (AvgIpc) is 1.64. The molecule has 0 aromatic heterocycles. The summed E-state index contributed by atoms with van der Waals surface area (Å²) >= 11 is 0. The summed E-state index contributed by atoms with van der Waals surface area (Å²) in [7, 11) is 25.4. The maximum atomic E-state index is 5.28. The van der Waals surface area contributed by atoms with Crippen LogP contribution < -0.4 is 0 Å². The van der Waals surface area contributed by atoms with Gasteiger partial charge >= 0.3 is 0 Å². The first-order chi connectivity index (χ1) is 4.09. The summed E-state index contributed by atoms with van der Waals surface area (Å²) in [5.41, 5.74) is 0. The van der Waals surface area contributed by atoms with Crippen molar-refractivity contribution in [3.05, 3.63) is 0 Å². The van der Waals surface area contributed by atoms with E-state index < -0.39 is 20.0 Å². The van der Waals surface area contributed by atoms with Crippen LogP contribution in [0.2, 0.25) is 0 Å². The highest BCUT2D eigenvalue weighted by molar-refractivity contribution is 8.41. The van der Waals surface area contributed by atoms with Crippen molar-refractivity contribution in [2.24, 2.45) is 0 Å². The Balaban J connectivity index is 3.68. The largest absolute Gasteiger partial charge is 0.252 e. The summed E-state index contributed by atoms with van der Waals surface area (Å²) in [6, 6.07) is 0. The fraction of sp³-hybridized carbons (Fsp3) is 0. The van der Waals surface area contributed by atoms with Gasteiger partial charge in [-0.25, -0.2) is 0 Å². The minimum absolute atomic E-state index is 0.509. The van der Waals surface area contributed by atoms with Crippen LogP contribution in [0.25, 0.3) is 0 Å². The number of rotatable bonds is 3. The molecule has 0 aromatic rings. The topological polar surface area (TPSA) is 0 Å². The first-order valence-corrected chi connectivity index (χ1v) is 3.99. The molecule has 0 fully saturated rings. The predicted octanol–water partition coefficient (Wildman–Crippen LogP) is -2.19. The van der Waals surface area contributed by atoms with E-state index >= 15 is 0 Å². The molecule has 0 aliphatic heterocycles. The lowest BCUT2D eigenvalue weighted by atomic mass is 9.35. The van der Waals surface area contributed by atoms with Crippen LogP contribution in [0.1, 0.15) is 0 Å². The van der Waals surface area contributed by atoms with E-state index in [1.54, 1.807) is 0 Å². The van der Waals surface area contributed by atoms with Crippen molar-refractivity contribution in [3.8, 4) is 0 Å². The molecule has 0 unspecified atom stereocenters. The lowest BCUT2D eigenvalue weighted by Gasteiger charge is -2.23. The van der Waals surface area contributed by atoms with E-state index in [0.29, 0.717) is 0 Å². The number of hydrogen-bond donors (Lipinski definition) is 0. The second-order valence-electron chi connectivity index (χ2n) is 1.58. The molecule has 0 aromatic carbocycles. The van der Waals surface area contributed by atoms with E-state index in [4.69, 9.17) is 38.7 Å². The van der Waals surface area contributed by atoms with E-state index in [1.807, 2.05) is 0 Å². The van der Waals surface area contributed by atoms with Crippen molar-refractivity contribution in [1.29, 1.82) is 0 Å². The van der Waals surface area contributed by atoms with E-state index in [9.17, 15) is 0 Å². The Morgan fingerprint density at radius 2 is 1.33 bits per heavy atom. The highest BCUT2D eigenvalue weighted by Gasteiger charge is 2.14. The molecule has 0 heterocycles. The lowest BCUT2D eigenvalue weighted by Crippen LogP contribution is -2.27. The molecule has 29 valence electrons. The van der Waals surface area contributed by atoms with Crippen molar-refractivity contribution in [2.75, 3.05) is 0 Å². The summed E-state index contributed by atoms with van der Waals surface area (Å²) < 4.78 is 0. The molecule has 0 saturated heterocycles. The summed E-state index contributed by atoms with van der Waals surface area (Å²) in [6.07, 6.45) is -1.02. The highest BCUT2D eigenvalue weighted by atomic mass is 31.1. The second kappa shape index (κ2) is 4.72. The van der Waals surface area contributed by atoms with Gasteiger partial charge in [0.1, 0.15) is 0 Å². The van der Waals surface area contributed by atoms with Crippen molar-refractivity contribution < 1.29 is 0 Å². The third kappa shape index (κ3) is 3.61. The Kier molecular flexibility index (Phi) is 5.21. The van der Waals surface area contributed by atoms with Crippen LogP contribution in [0.3, 0.4) is 0 Å². The van der Waals surface area contributed by atoms with E-state index in [2.05, 4.69) is 0 Å². The molecule has 0 aliphatic rings. The molecule has 0 spiro atoms. The van der Waals surface area contributed by atoms with E-state index in [0.717, 1.165) is 0 Å². The second-order valence-corrected chi connectivity index (χ2v) is 3.96. The average molecular weight is 117 g/mol. The molecule has 0 saturated carbocycles. The molecular weight excluding hydrogens is 117 g/mol. The first-order valence-electron chi connectivity index (χ1n) is 2.44. The summed E-state index contributed by atoms with van der Waals surface area (Å²) in [5, 5.41) is 0. The monoisotopic (exact) mass is 119 g/mol. The molecule has 0 aliphatic carbocycles. The van der Waals surface area contributed by atoms with Gasteiger partial charge < -0.3 is 0 Å². The fourth-order valence-electron chi connectivity index (χ4n) is 0.398. The van der Waals surface area contributed by atoms with Crippen LogP contribution >= 0.6 is 7.56 Å². The number of hydrogen-bond acceptors (Lipinski definition) is 0. The Morgan fingerprint density at radius 3 is 1.33 bits per heavy atom. The van der Waals surface area contributed by atoms with Gasteiger partial charge in [-0.15, -0.1) is 0 Å². The van der Waals surface area contributed by atoms with Crippen LogP contribution in [0.15, 0.2) is 0 Å². The SMILES string of the molecule is [B][B]P(B([B])[B])B([B])[B]. The minimum Gasteiger partial charge on any atom is -0.252 e. The maximum absolute atomic E-state index is 5.28. The molecule has 11 radical (unpaired) electrons. The summed E-state index contributed by atoms with van der Waals surface area (Å²) in [6.45, 7) is 1.38. The van der Waals surface area contributed by atoms with Gasteiger partial charge in [-0.3, -0.25) is 7.56 Å².